The smallest absolute Gasteiger partial charge is 0.251 e. The van der Waals surface area contributed by atoms with Gasteiger partial charge in [0.1, 0.15) is 0 Å². The summed E-state index contributed by atoms with van der Waals surface area (Å²) in [6.07, 6.45) is 6.00. The molecule has 2 N–H and O–H groups in total. The topological polar surface area (TPSA) is 70.9 Å². The fourth-order valence-electron chi connectivity index (χ4n) is 4.67. The number of sulfonamides is 1. The summed E-state index contributed by atoms with van der Waals surface area (Å²) >= 11 is 0. The molecule has 6 nitrogen and oxygen atoms in total. The molecule has 7 heteroatoms. The summed E-state index contributed by atoms with van der Waals surface area (Å²) < 4.78 is 27.5. The van der Waals surface area contributed by atoms with E-state index in [1.165, 1.54) is 32.4 Å². The molecule has 0 aliphatic carbocycles. The molecule has 0 spiro atoms. The second-order valence-corrected chi connectivity index (χ2v) is 10.9. The molecular formula is C22H36N3O3S+. The van der Waals surface area contributed by atoms with Gasteiger partial charge in [-0.2, -0.15) is 4.31 Å². The van der Waals surface area contributed by atoms with Crippen molar-refractivity contribution in [1.82, 2.24) is 9.62 Å². The summed E-state index contributed by atoms with van der Waals surface area (Å²) in [7, 11) is -3.50. The van der Waals surface area contributed by atoms with Crippen LogP contribution in [0.5, 0.6) is 0 Å². The lowest BCUT2D eigenvalue weighted by molar-refractivity contribution is -0.904. The third-order valence-corrected chi connectivity index (χ3v) is 7.99. The van der Waals surface area contributed by atoms with E-state index in [1.807, 2.05) is 0 Å². The zero-order chi connectivity index (χ0) is 20.9. The average molecular weight is 423 g/mol. The number of amides is 1. The summed E-state index contributed by atoms with van der Waals surface area (Å²) in [4.78, 5) is 14.3. The second-order valence-electron chi connectivity index (χ2n) is 8.96. The normalized spacial score (nSPS) is 24.3. The number of hydrogen-bond donors (Lipinski definition) is 2. The minimum Gasteiger partial charge on any atom is -0.352 e. The number of likely N-dealkylation sites (tertiary alicyclic amines) is 1. The molecule has 2 heterocycles. The highest BCUT2D eigenvalue weighted by molar-refractivity contribution is 7.89. The van der Waals surface area contributed by atoms with Gasteiger partial charge >= 0.3 is 0 Å². The zero-order valence-electron chi connectivity index (χ0n) is 17.8. The molecule has 2 aliphatic rings. The Kier molecular flexibility index (Phi) is 7.71. The molecule has 1 amide bonds. The Bertz CT molecular complexity index is 763. The number of carbonyl (C=O) groups excluding carboxylic acids is 1. The van der Waals surface area contributed by atoms with Crippen LogP contribution in [0.1, 0.15) is 56.3 Å². The number of carbonyl (C=O) groups is 1. The van der Waals surface area contributed by atoms with Crippen molar-refractivity contribution in [2.24, 2.45) is 11.8 Å². The highest BCUT2D eigenvalue weighted by Gasteiger charge is 2.31. The van der Waals surface area contributed by atoms with Gasteiger partial charge in [-0.05, 0) is 61.8 Å². The number of piperidine rings is 2. The molecule has 2 fully saturated rings. The molecule has 0 radical (unpaired) electrons. The van der Waals surface area contributed by atoms with Crippen molar-refractivity contribution in [1.29, 1.82) is 0 Å². The quantitative estimate of drug-likeness (QED) is 0.655. The Labute approximate surface area is 175 Å². The van der Waals surface area contributed by atoms with E-state index in [0.29, 0.717) is 37.0 Å². The van der Waals surface area contributed by atoms with Gasteiger partial charge in [0.2, 0.25) is 10.0 Å². The van der Waals surface area contributed by atoms with Crippen LogP contribution < -0.4 is 10.2 Å². The van der Waals surface area contributed by atoms with Crippen LogP contribution in [0.15, 0.2) is 29.2 Å². The molecule has 2 atom stereocenters. The van der Waals surface area contributed by atoms with Crippen molar-refractivity contribution in [2.75, 3.05) is 39.3 Å². The minimum absolute atomic E-state index is 0.136. The summed E-state index contributed by atoms with van der Waals surface area (Å²) in [6, 6.07) is 6.36. The van der Waals surface area contributed by atoms with Crippen LogP contribution in [-0.2, 0) is 10.0 Å². The summed E-state index contributed by atoms with van der Waals surface area (Å²) in [5, 5.41) is 2.96. The number of benzene rings is 1. The van der Waals surface area contributed by atoms with E-state index >= 15 is 0 Å². The van der Waals surface area contributed by atoms with E-state index < -0.39 is 10.0 Å². The summed E-state index contributed by atoms with van der Waals surface area (Å²) in [5.74, 6) is 0.596. The molecule has 0 aromatic heterocycles. The van der Waals surface area contributed by atoms with Crippen molar-refractivity contribution >= 4 is 15.9 Å². The Morgan fingerprint density at radius 1 is 1.07 bits per heavy atom. The number of rotatable bonds is 7. The van der Waals surface area contributed by atoms with Crippen LogP contribution in [0.4, 0.5) is 0 Å². The molecular weight excluding hydrogens is 386 g/mol. The molecule has 162 valence electrons. The van der Waals surface area contributed by atoms with E-state index in [0.717, 1.165) is 19.4 Å². The maximum atomic E-state index is 12.9. The molecule has 29 heavy (non-hydrogen) atoms. The van der Waals surface area contributed by atoms with E-state index in [2.05, 4.69) is 19.2 Å². The van der Waals surface area contributed by atoms with Gasteiger partial charge in [0.25, 0.3) is 5.91 Å². The van der Waals surface area contributed by atoms with Gasteiger partial charge in [0, 0.05) is 31.6 Å². The first kappa shape index (κ1) is 22.2. The summed E-state index contributed by atoms with van der Waals surface area (Å²) in [6.45, 7) is 9.58. The Morgan fingerprint density at radius 2 is 1.69 bits per heavy atom. The van der Waals surface area contributed by atoms with Crippen molar-refractivity contribution in [3.05, 3.63) is 29.8 Å². The van der Waals surface area contributed by atoms with Crippen LogP contribution in [0.25, 0.3) is 0 Å². The Hall–Kier alpha value is -1.44. The molecule has 2 aliphatic heterocycles. The highest BCUT2D eigenvalue weighted by Crippen LogP contribution is 2.26. The number of nitrogens with zero attached hydrogens (tertiary/aromatic N) is 1. The molecule has 0 bridgehead atoms. The van der Waals surface area contributed by atoms with Crippen LogP contribution in [0.2, 0.25) is 0 Å². The fourth-order valence-corrected chi connectivity index (χ4v) is 6.35. The maximum absolute atomic E-state index is 12.9. The third kappa shape index (κ3) is 6.03. The summed E-state index contributed by atoms with van der Waals surface area (Å²) in [5.41, 5.74) is 0.509. The number of nitrogens with one attached hydrogen (secondary N) is 2. The first-order valence-corrected chi connectivity index (χ1v) is 12.5. The largest absolute Gasteiger partial charge is 0.352 e. The highest BCUT2D eigenvalue weighted by atomic mass is 32.2. The van der Waals surface area contributed by atoms with Crippen LogP contribution in [0, 0.1) is 11.8 Å². The third-order valence-electron chi connectivity index (χ3n) is 6.14. The predicted octanol–water partition coefficient (Wildman–Crippen LogP) is 1.54. The number of hydrogen-bond acceptors (Lipinski definition) is 3. The molecule has 0 saturated carbocycles. The van der Waals surface area contributed by atoms with Gasteiger partial charge in [-0.1, -0.05) is 13.8 Å². The molecule has 0 unspecified atom stereocenters. The Balaban J connectivity index is 1.51. The lowest BCUT2D eigenvalue weighted by atomic mass is 9.94. The van der Waals surface area contributed by atoms with Gasteiger partial charge in [0.15, 0.2) is 0 Å². The van der Waals surface area contributed by atoms with Gasteiger partial charge in [-0.25, -0.2) is 8.42 Å². The van der Waals surface area contributed by atoms with Gasteiger partial charge in [-0.3, -0.25) is 4.79 Å². The molecule has 2 saturated heterocycles. The predicted molar refractivity (Wildman–Crippen MR) is 115 cm³/mol. The maximum Gasteiger partial charge on any atom is 0.251 e. The van der Waals surface area contributed by atoms with Crippen molar-refractivity contribution in [3.8, 4) is 0 Å². The van der Waals surface area contributed by atoms with Gasteiger partial charge in [0.05, 0.1) is 24.5 Å². The van der Waals surface area contributed by atoms with E-state index in [1.54, 1.807) is 33.5 Å². The van der Waals surface area contributed by atoms with E-state index in [4.69, 9.17) is 0 Å². The van der Waals surface area contributed by atoms with Gasteiger partial charge < -0.3 is 10.2 Å². The second kappa shape index (κ2) is 10.0. The lowest BCUT2D eigenvalue weighted by Gasteiger charge is -2.34. The lowest BCUT2D eigenvalue weighted by Crippen LogP contribution is -3.12. The first-order valence-electron chi connectivity index (χ1n) is 11.1. The minimum atomic E-state index is -3.50. The first-order chi connectivity index (χ1) is 13.9. The number of quaternary nitrogens is 1. The van der Waals surface area contributed by atoms with E-state index in [-0.39, 0.29) is 10.8 Å². The monoisotopic (exact) mass is 422 g/mol. The Morgan fingerprint density at radius 3 is 2.31 bits per heavy atom. The molecule has 1 aromatic carbocycles. The van der Waals surface area contributed by atoms with Crippen LogP contribution in [-0.4, -0.2) is 57.9 Å². The van der Waals surface area contributed by atoms with E-state index in [9.17, 15) is 13.2 Å². The van der Waals surface area contributed by atoms with Crippen LogP contribution >= 0.6 is 0 Å². The molecule has 1 aromatic rings. The van der Waals surface area contributed by atoms with Gasteiger partial charge in [-0.15, -0.1) is 0 Å². The van der Waals surface area contributed by atoms with Crippen molar-refractivity contribution < 1.29 is 18.1 Å². The fraction of sp³-hybridized carbons (Fsp3) is 0.682. The zero-order valence-corrected chi connectivity index (χ0v) is 18.6. The molecule has 3 rings (SSSR count). The van der Waals surface area contributed by atoms with Crippen LogP contribution in [0.3, 0.4) is 0 Å². The SMILES string of the molecule is C[C@H]1C[C@H](C)CN(S(=O)(=O)c2ccc(C(=O)NCCC[NH+]3CCCCC3)cc2)C1. The van der Waals surface area contributed by atoms with Crippen molar-refractivity contribution in [3.63, 3.8) is 0 Å². The van der Waals surface area contributed by atoms with Crippen molar-refractivity contribution in [2.45, 2.75) is 50.8 Å². The average Bonchev–Trinajstić information content (AvgIpc) is 2.71. The standard InChI is InChI=1S/C22H35N3O3S/c1-18-15-19(2)17-25(16-18)29(27,28)21-9-7-20(8-10-21)22(26)23-11-6-14-24-12-4-3-5-13-24/h7-10,18-19H,3-6,11-17H2,1-2H3,(H,23,26)/p+1/t18-,19-/m0/s1.